The molecule has 0 bridgehead atoms. The molecule has 9 heteroatoms. The highest BCUT2D eigenvalue weighted by atomic mass is 35.5. The molecule has 1 N–H and O–H groups in total. The minimum Gasteiger partial charge on any atom is -0.348 e. The van der Waals surface area contributed by atoms with Crippen LogP contribution in [0.3, 0.4) is 0 Å². The fourth-order valence-electron chi connectivity index (χ4n) is 2.80. The van der Waals surface area contributed by atoms with Crippen molar-refractivity contribution in [2.75, 3.05) is 13.1 Å². The molecule has 2 aromatic rings. The lowest BCUT2D eigenvalue weighted by Gasteiger charge is -2.19. The van der Waals surface area contributed by atoms with Gasteiger partial charge in [0, 0.05) is 30.4 Å². The van der Waals surface area contributed by atoms with Gasteiger partial charge in [-0.15, -0.1) is 0 Å². The largest absolute Gasteiger partial charge is 0.348 e. The second-order valence-corrected chi connectivity index (χ2v) is 8.64. The first-order valence-electron chi connectivity index (χ1n) is 8.94. The van der Waals surface area contributed by atoms with Crippen molar-refractivity contribution in [2.45, 2.75) is 38.3 Å². The summed E-state index contributed by atoms with van der Waals surface area (Å²) in [6.45, 7) is 5.62. The molecule has 0 saturated carbocycles. The minimum absolute atomic E-state index is 0.0218. The van der Waals surface area contributed by atoms with Gasteiger partial charge in [0.05, 0.1) is 10.9 Å². The molecule has 0 aliphatic carbocycles. The van der Waals surface area contributed by atoms with Crippen LogP contribution in [-0.2, 0) is 21.4 Å². The molecule has 1 atom stereocenters. The molecule has 2 rings (SSSR count). The number of hydrogen-bond donors (Lipinski definition) is 1. The average Bonchev–Trinajstić information content (AvgIpc) is 2.64. The lowest BCUT2D eigenvalue weighted by Crippen LogP contribution is -2.35. The smallest absolute Gasteiger partial charge is 0.251 e. The van der Waals surface area contributed by atoms with Crippen LogP contribution in [0, 0.1) is 0 Å². The molecule has 152 valence electrons. The van der Waals surface area contributed by atoms with E-state index in [1.54, 1.807) is 39.0 Å². The molecule has 1 amide bonds. The lowest BCUT2D eigenvalue weighted by atomic mass is 10.1. The number of halogens is 1. The van der Waals surface area contributed by atoms with E-state index in [9.17, 15) is 18.0 Å². The number of carbonyl (C=O) groups is 1. The highest BCUT2D eigenvalue weighted by molar-refractivity contribution is 7.89. The number of pyridine rings is 1. The molecule has 1 heterocycles. The van der Waals surface area contributed by atoms with E-state index in [1.807, 2.05) is 6.07 Å². The zero-order valence-electron chi connectivity index (χ0n) is 16.1. The quantitative estimate of drug-likeness (QED) is 0.703. The van der Waals surface area contributed by atoms with Crippen molar-refractivity contribution in [1.29, 1.82) is 0 Å². The molecule has 1 aromatic heterocycles. The zero-order chi connectivity index (χ0) is 20.9. The van der Waals surface area contributed by atoms with E-state index in [1.165, 1.54) is 16.6 Å². The topological polar surface area (TPSA) is 88.5 Å². The van der Waals surface area contributed by atoms with Gasteiger partial charge in [0.25, 0.3) is 5.56 Å². The Balaban J connectivity index is 2.19. The van der Waals surface area contributed by atoms with Gasteiger partial charge in [-0.2, -0.15) is 4.31 Å². The molecule has 0 aliphatic rings. The first-order valence-corrected chi connectivity index (χ1v) is 10.8. The van der Waals surface area contributed by atoms with Crippen LogP contribution < -0.4 is 10.9 Å². The third-order valence-electron chi connectivity index (χ3n) is 4.34. The number of nitrogens with zero attached hydrogens (tertiary/aromatic N) is 2. The van der Waals surface area contributed by atoms with Crippen molar-refractivity contribution in [3.8, 4) is 0 Å². The van der Waals surface area contributed by atoms with Crippen molar-refractivity contribution < 1.29 is 13.2 Å². The molecular formula is C19H24ClN3O4S. The Bertz CT molecular complexity index is 1000. The summed E-state index contributed by atoms with van der Waals surface area (Å²) in [6, 6.07) is 9.21. The molecule has 1 aromatic carbocycles. The van der Waals surface area contributed by atoms with Gasteiger partial charge >= 0.3 is 0 Å². The van der Waals surface area contributed by atoms with Crippen LogP contribution >= 0.6 is 11.6 Å². The number of nitrogens with one attached hydrogen (secondary N) is 1. The van der Waals surface area contributed by atoms with Crippen LogP contribution in [0.4, 0.5) is 0 Å². The maximum Gasteiger partial charge on any atom is 0.251 e. The van der Waals surface area contributed by atoms with Crippen LogP contribution in [0.1, 0.15) is 32.4 Å². The summed E-state index contributed by atoms with van der Waals surface area (Å²) < 4.78 is 27.7. The summed E-state index contributed by atoms with van der Waals surface area (Å²) in [5, 5.41) is 3.34. The highest BCUT2D eigenvalue weighted by Gasteiger charge is 2.22. The second kappa shape index (κ2) is 9.36. The number of aromatic nitrogens is 1. The number of sulfonamides is 1. The van der Waals surface area contributed by atoms with E-state index in [2.05, 4.69) is 5.32 Å². The van der Waals surface area contributed by atoms with Gasteiger partial charge in [-0.25, -0.2) is 8.42 Å². The van der Waals surface area contributed by atoms with Crippen molar-refractivity contribution in [3.63, 3.8) is 0 Å². The van der Waals surface area contributed by atoms with E-state index >= 15 is 0 Å². The normalized spacial score (nSPS) is 12.8. The molecule has 0 radical (unpaired) electrons. The van der Waals surface area contributed by atoms with Crippen LogP contribution in [-0.4, -0.2) is 36.3 Å². The highest BCUT2D eigenvalue weighted by Crippen LogP contribution is 2.17. The molecule has 0 fully saturated rings. The van der Waals surface area contributed by atoms with Gasteiger partial charge in [-0.1, -0.05) is 37.6 Å². The second-order valence-electron chi connectivity index (χ2n) is 6.26. The third kappa shape index (κ3) is 5.21. The Kier molecular flexibility index (Phi) is 7.40. The van der Waals surface area contributed by atoms with Crippen molar-refractivity contribution >= 4 is 27.5 Å². The van der Waals surface area contributed by atoms with Gasteiger partial charge in [0.2, 0.25) is 15.9 Å². The first kappa shape index (κ1) is 22.1. The van der Waals surface area contributed by atoms with Crippen molar-refractivity contribution in [3.05, 3.63) is 63.5 Å². The van der Waals surface area contributed by atoms with E-state index in [4.69, 9.17) is 11.6 Å². The minimum atomic E-state index is -3.72. The van der Waals surface area contributed by atoms with E-state index in [0.29, 0.717) is 18.1 Å². The summed E-state index contributed by atoms with van der Waals surface area (Å²) in [5.41, 5.74) is 0.370. The molecule has 7 nitrogen and oxygen atoms in total. The number of hydrogen-bond acceptors (Lipinski definition) is 4. The maximum atomic E-state index is 12.6. The van der Waals surface area contributed by atoms with Crippen LogP contribution in [0.2, 0.25) is 5.02 Å². The van der Waals surface area contributed by atoms with Gasteiger partial charge in [0.1, 0.15) is 6.54 Å². The molecule has 0 saturated heterocycles. The third-order valence-corrected chi connectivity index (χ3v) is 6.61. The monoisotopic (exact) mass is 425 g/mol. The Morgan fingerprint density at radius 2 is 1.89 bits per heavy atom. The Hall–Kier alpha value is -2.16. The standard InChI is InChI=1S/C19H24ClN3O4S/c1-4-23(5-2)28(26,27)17-9-10-19(25)22(12-17)13-18(24)21-14(3)15-7-6-8-16(20)11-15/h6-12,14H,4-5,13H2,1-3H3,(H,21,24). The predicted molar refractivity (Wildman–Crippen MR) is 109 cm³/mol. The van der Waals surface area contributed by atoms with Gasteiger partial charge in [-0.05, 0) is 30.7 Å². The number of amides is 1. The fourth-order valence-corrected chi connectivity index (χ4v) is 4.48. The van der Waals surface area contributed by atoms with E-state index < -0.39 is 21.5 Å². The zero-order valence-corrected chi connectivity index (χ0v) is 17.6. The first-order chi connectivity index (χ1) is 13.2. The lowest BCUT2D eigenvalue weighted by molar-refractivity contribution is -0.122. The van der Waals surface area contributed by atoms with Gasteiger partial charge < -0.3 is 9.88 Å². The summed E-state index contributed by atoms with van der Waals surface area (Å²) >= 11 is 5.97. The molecular weight excluding hydrogens is 402 g/mol. The Morgan fingerprint density at radius 3 is 2.50 bits per heavy atom. The van der Waals surface area contributed by atoms with Crippen LogP contribution in [0.25, 0.3) is 0 Å². The summed E-state index contributed by atoms with van der Waals surface area (Å²) in [6.07, 6.45) is 1.21. The van der Waals surface area contributed by atoms with Crippen molar-refractivity contribution in [1.82, 2.24) is 14.2 Å². The average molecular weight is 426 g/mol. The summed E-state index contributed by atoms with van der Waals surface area (Å²) in [5.74, 6) is -0.410. The van der Waals surface area contributed by atoms with Gasteiger partial charge in [0.15, 0.2) is 0 Å². The number of carbonyl (C=O) groups excluding carboxylic acids is 1. The Labute approximate surface area is 170 Å². The Morgan fingerprint density at radius 1 is 1.21 bits per heavy atom. The molecule has 28 heavy (non-hydrogen) atoms. The summed E-state index contributed by atoms with van der Waals surface area (Å²) in [4.78, 5) is 24.5. The molecule has 0 spiro atoms. The van der Waals surface area contributed by atoms with Crippen LogP contribution in [0.5, 0.6) is 0 Å². The van der Waals surface area contributed by atoms with E-state index in [-0.39, 0.29) is 17.5 Å². The number of rotatable bonds is 8. The van der Waals surface area contributed by atoms with Crippen molar-refractivity contribution in [2.24, 2.45) is 0 Å². The fraction of sp³-hybridized carbons (Fsp3) is 0.368. The SMILES string of the molecule is CCN(CC)S(=O)(=O)c1ccc(=O)n(CC(=O)NC(C)c2cccc(Cl)c2)c1. The number of benzene rings is 1. The molecule has 0 aliphatic heterocycles. The van der Waals surface area contributed by atoms with Crippen LogP contribution in [0.15, 0.2) is 52.3 Å². The summed E-state index contributed by atoms with van der Waals surface area (Å²) in [7, 11) is -3.72. The molecule has 1 unspecified atom stereocenters. The predicted octanol–water partition coefficient (Wildman–Crippen LogP) is 2.41. The maximum absolute atomic E-state index is 12.6. The van der Waals surface area contributed by atoms with E-state index in [0.717, 1.165) is 16.2 Å². The van der Waals surface area contributed by atoms with Gasteiger partial charge in [-0.3, -0.25) is 9.59 Å².